The average molecular weight is 431 g/mol. The Bertz CT molecular complexity index is 799. The van der Waals surface area contributed by atoms with Crippen LogP contribution in [0.25, 0.3) is 0 Å². The molecule has 0 saturated carbocycles. The van der Waals surface area contributed by atoms with Crippen molar-refractivity contribution < 1.29 is 41.7 Å². The van der Waals surface area contributed by atoms with Crippen molar-refractivity contribution in [3.8, 4) is 0 Å². The van der Waals surface area contributed by atoms with Crippen LogP contribution in [0.5, 0.6) is 0 Å². The van der Waals surface area contributed by atoms with E-state index in [1.165, 1.54) is 0 Å². The highest BCUT2D eigenvalue weighted by atomic mass is 32.2. The van der Waals surface area contributed by atoms with Crippen molar-refractivity contribution in [3.63, 3.8) is 0 Å². The standard InChI is InChI=1S/C17H22N2O7S2/c20-25-26-27-13-2-12-24-19-10-5-17(6-11-19)15-16-3-8-18(9-4-16)7-1-14-28(21,22)23/h3-6,8-11H,1-2,7,12-15H2. The van der Waals surface area contributed by atoms with Crippen LogP contribution in [-0.2, 0) is 32.5 Å². The zero-order valence-corrected chi connectivity index (χ0v) is 16.8. The normalized spacial score (nSPS) is 11.5. The van der Waals surface area contributed by atoms with Gasteiger partial charge in [-0.25, -0.2) is 13.0 Å². The lowest BCUT2D eigenvalue weighted by Crippen LogP contribution is -2.42. The first-order valence-electron chi connectivity index (χ1n) is 8.59. The van der Waals surface area contributed by atoms with Crippen molar-refractivity contribution in [1.82, 2.24) is 0 Å². The molecule has 0 bridgehead atoms. The summed E-state index contributed by atoms with van der Waals surface area (Å²) in [6, 6.07) is 7.86. The molecule has 2 heterocycles. The van der Waals surface area contributed by atoms with E-state index in [4.69, 9.17) is 4.84 Å². The topological polar surface area (TPSA) is 116 Å². The molecule has 0 spiro atoms. The fraction of sp³-hybridized carbons (Fsp3) is 0.412. The molecule has 28 heavy (non-hydrogen) atoms. The van der Waals surface area contributed by atoms with Gasteiger partial charge in [-0.2, -0.15) is 4.33 Å². The van der Waals surface area contributed by atoms with E-state index in [-0.39, 0.29) is 5.75 Å². The number of nitrogens with zero attached hydrogens (tertiary/aromatic N) is 2. The molecule has 0 aliphatic heterocycles. The van der Waals surface area contributed by atoms with Crippen LogP contribution >= 0.6 is 12.0 Å². The maximum atomic E-state index is 10.6. The summed E-state index contributed by atoms with van der Waals surface area (Å²) in [6.45, 7) is 0.963. The van der Waals surface area contributed by atoms with Gasteiger partial charge < -0.3 is 9.81 Å². The molecule has 0 fully saturated rings. The van der Waals surface area contributed by atoms with Gasteiger partial charge in [-0.1, -0.05) is 0 Å². The van der Waals surface area contributed by atoms with Crippen molar-refractivity contribution in [3.05, 3.63) is 60.2 Å². The predicted molar refractivity (Wildman–Crippen MR) is 96.0 cm³/mol. The van der Waals surface area contributed by atoms with Gasteiger partial charge in [0.15, 0.2) is 19.0 Å². The summed E-state index contributed by atoms with van der Waals surface area (Å²) in [4.78, 5) is 5.53. The minimum absolute atomic E-state index is 0.298. The summed E-state index contributed by atoms with van der Waals surface area (Å²) in [5, 5.41) is 12.9. The van der Waals surface area contributed by atoms with Crippen molar-refractivity contribution in [2.24, 2.45) is 0 Å². The molecule has 0 atom stereocenters. The highest BCUT2D eigenvalue weighted by Crippen LogP contribution is 2.06. The third kappa shape index (κ3) is 9.44. The van der Waals surface area contributed by atoms with Crippen molar-refractivity contribution in [2.75, 3.05) is 18.1 Å². The third-order valence-electron chi connectivity index (χ3n) is 3.74. The lowest BCUT2D eigenvalue weighted by atomic mass is 10.1. The van der Waals surface area contributed by atoms with Crippen LogP contribution in [0.3, 0.4) is 0 Å². The van der Waals surface area contributed by atoms with Crippen LogP contribution in [0.1, 0.15) is 24.0 Å². The van der Waals surface area contributed by atoms with Gasteiger partial charge in [-0.05, 0) is 24.0 Å². The molecular formula is C17H22N2O7S2. The molecule has 0 aromatic carbocycles. The van der Waals surface area contributed by atoms with E-state index in [9.17, 15) is 18.2 Å². The number of aryl methyl sites for hydroxylation is 1. The number of aromatic nitrogens is 2. The van der Waals surface area contributed by atoms with Gasteiger partial charge >= 0.3 is 0 Å². The molecule has 0 N–H and O–H groups in total. The van der Waals surface area contributed by atoms with Gasteiger partial charge in [0.25, 0.3) is 0 Å². The highest BCUT2D eigenvalue weighted by molar-refractivity contribution is 7.94. The summed E-state index contributed by atoms with van der Waals surface area (Å²) >= 11 is 0.932. The van der Waals surface area contributed by atoms with Gasteiger partial charge in [0, 0.05) is 59.0 Å². The Labute approximate surface area is 168 Å². The van der Waals surface area contributed by atoms with Crippen molar-refractivity contribution in [1.29, 1.82) is 0 Å². The first-order valence-corrected chi connectivity index (χ1v) is 11.1. The van der Waals surface area contributed by atoms with E-state index in [2.05, 4.69) is 9.37 Å². The molecule has 2 rings (SSSR count). The van der Waals surface area contributed by atoms with Gasteiger partial charge in [-0.15, -0.1) is 0 Å². The number of hydrogen-bond acceptors (Lipinski definition) is 8. The molecule has 0 aliphatic rings. The number of rotatable bonds is 13. The molecule has 0 unspecified atom stereocenters. The van der Waals surface area contributed by atoms with Crippen LogP contribution in [0.4, 0.5) is 0 Å². The van der Waals surface area contributed by atoms with Gasteiger partial charge in [-0.3, -0.25) is 9.88 Å². The fourth-order valence-corrected chi connectivity index (χ4v) is 3.23. The van der Waals surface area contributed by atoms with Crippen LogP contribution in [0.2, 0.25) is 0 Å². The minimum atomic E-state index is -4.16. The lowest BCUT2D eigenvalue weighted by Gasteiger charge is -2.05. The molecule has 154 valence electrons. The summed E-state index contributed by atoms with van der Waals surface area (Å²) in [5.41, 5.74) is 2.23. The Balaban J connectivity index is 1.74. The van der Waals surface area contributed by atoms with E-state index in [0.29, 0.717) is 31.7 Å². The highest BCUT2D eigenvalue weighted by Gasteiger charge is 2.06. The molecule has 9 nitrogen and oxygen atoms in total. The summed E-state index contributed by atoms with van der Waals surface area (Å²) in [6.07, 6.45) is 9.15. The second kappa shape index (κ2) is 11.9. The Morgan fingerprint density at radius 1 is 1.00 bits per heavy atom. The summed E-state index contributed by atoms with van der Waals surface area (Å²) < 4.78 is 39.5. The monoisotopic (exact) mass is 430 g/mol. The predicted octanol–water partition coefficient (Wildman–Crippen LogP) is -0.522. The number of hydrogen-bond donors (Lipinski definition) is 0. The van der Waals surface area contributed by atoms with E-state index < -0.39 is 10.1 Å². The zero-order chi connectivity index (χ0) is 20.2. The maximum absolute atomic E-state index is 10.6. The Hall–Kier alpha value is -1.76. The molecule has 2 aromatic heterocycles. The molecule has 2 aromatic rings. The summed E-state index contributed by atoms with van der Waals surface area (Å²) in [7, 11) is -4.16. The SMILES string of the molecule is O=S(=O)([O-])CCC[n+]1ccc(Cc2cc[n+](OCCCSOO[O-])cc2)cc1. The third-order valence-corrected chi connectivity index (χ3v) is 5.13. The Morgan fingerprint density at radius 3 is 2.25 bits per heavy atom. The fourth-order valence-electron chi connectivity index (χ4n) is 2.40. The molecular weight excluding hydrogens is 408 g/mol. The lowest BCUT2D eigenvalue weighted by molar-refractivity contribution is -0.891. The molecule has 0 radical (unpaired) electrons. The second-order valence-electron chi connectivity index (χ2n) is 5.95. The molecule has 0 aliphatic carbocycles. The van der Waals surface area contributed by atoms with E-state index >= 15 is 0 Å². The molecule has 0 amide bonds. The Kier molecular flexibility index (Phi) is 9.61. The Morgan fingerprint density at radius 2 is 1.64 bits per heavy atom. The van der Waals surface area contributed by atoms with Gasteiger partial charge in [0.1, 0.15) is 6.54 Å². The second-order valence-corrected chi connectivity index (χ2v) is 8.25. The molecule has 0 saturated heterocycles. The van der Waals surface area contributed by atoms with Crippen molar-refractivity contribution >= 4 is 22.2 Å². The van der Waals surface area contributed by atoms with E-state index in [0.717, 1.165) is 29.6 Å². The number of pyridine rings is 2. The van der Waals surface area contributed by atoms with E-state index in [1.54, 1.807) is 4.73 Å². The van der Waals surface area contributed by atoms with Crippen LogP contribution in [0.15, 0.2) is 49.1 Å². The first kappa shape index (κ1) is 22.5. The van der Waals surface area contributed by atoms with E-state index in [1.807, 2.05) is 53.6 Å². The largest absolute Gasteiger partial charge is 0.748 e. The smallest absolute Gasteiger partial charge is 0.222 e. The maximum Gasteiger partial charge on any atom is 0.222 e. The van der Waals surface area contributed by atoms with Crippen molar-refractivity contribution in [2.45, 2.75) is 25.8 Å². The minimum Gasteiger partial charge on any atom is -0.748 e. The van der Waals surface area contributed by atoms with Gasteiger partial charge in [0.2, 0.25) is 12.4 Å². The quantitative estimate of drug-likeness (QED) is 0.104. The van der Waals surface area contributed by atoms with Crippen LogP contribution in [-0.4, -0.2) is 31.1 Å². The zero-order valence-electron chi connectivity index (χ0n) is 15.1. The van der Waals surface area contributed by atoms with Crippen LogP contribution in [0, 0.1) is 0 Å². The van der Waals surface area contributed by atoms with Gasteiger partial charge in [0.05, 0.1) is 10.1 Å². The van der Waals surface area contributed by atoms with Crippen LogP contribution < -0.4 is 19.4 Å². The first-order chi connectivity index (χ1) is 13.5. The average Bonchev–Trinajstić information content (AvgIpc) is 2.66. The summed E-state index contributed by atoms with van der Waals surface area (Å²) in [5.74, 6) is 0.233. The molecule has 11 heteroatoms.